The molecule has 18 heavy (non-hydrogen) atoms. The number of β-amino-alcohol motifs (C(OH)–C–C–N with tert-alkyl or cyclic N) is 1. The lowest BCUT2D eigenvalue weighted by Gasteiger charge is -2.15. The van der Waals surface area contributed by atoms with Gasteiger partial charge in [0.1, 0.15) is 12.4 Å². The minimum absolute atomic E-state index is 0.0724. The quantitative estimate of drug-likeness (QED) is 0.687. The van der Waals surface area contributed by atoms with Crippen molar-refractivity contribution < 1.29 is 14.6 Å². The molecule has 1 saturated heterocycles. The van der Waals surface area contributed by atoms with Gasteiger partial charge in [-0.25, -0.2) is 0 Å². The molecule has 96 valence electrons. The fourth-order valence-corrected chi connectivity index (χ4v) is 2.47. The summed E-state index contributed by atoms with van der Waals surface area (Å²) < 4.78 is 5.51. The summed E-state index contributed by atoms with van der Waals surface area (Å²) in [5.41, 5.74) is 1.02. The average Bonchev–Trinajstić information content (AvgIpc) is 2.97. The van der Waals surface area contributed by atoms with Gasteiger partial charge in [-0.15, -0.1) is 0 Å². The van der Waals surface area contributed by atoms with E-state index < -0.39 is 6.10 Å². The molecule has 2 heterocycles. The van der Waals surface area contributed by atoms with E-state index in [4.69, 9.17) is 4.74 Å². The number of amides is 1. The van der Waals surface area contributed by atoms with E-state index in [-0.39, 0.29) is 18.0 Å². The lowest BCUT2D eigenvalue weighted by molar-refractivity contribution is -0.123. The maximum Gasteiger partial charge on any atom is 0.237 e. The molecule has 0 saturated carbocycles. The first-order chi connectivity index (χ1) is 8.74. The standard InChI is InChI=1S/C13H16N2O3/c16-8-5-10(14-6-8)13(17)15-11-7-18-12-4-2-1-3-9(11)12/h1-4,8,10-11,14,16H,5-7H2,(H,15,17)/t8-,10-,11-/m1/s1. The third-order valence-electron chi connectivity index (χ3n) is 3.44. The van der Waals surface area contributed by atoms with E-state index in [0.29, 0.717) is 19.6 Å². The summed E-state index contributed by atoms with van der Waals surface area (Å²) in [5.74, 6) is 0.763. The molecule has 0 aromatic heterocycles. The number of aliphatic hydroxyl groups excluding tert-OH is 1. The van der Waals surface area contributed by atoms with Crippen LogP contribution < -0.4 is 15.4 Å². The van der Waals surface area contributed by atoms with Gasteiger partial charge in [-0.05, 0) is 12.5 Å². The minimum atomic E-state index is -0.423. The summed E-state index contributed by atoms with van der Waals surface area (Å²) in [6.07, 6.45) is 0.0500. The highest BCUT2D eigenvalue weighted by molar-refractivity contribution is 5.82. The molecule has 2 aliphatic rings. The topological polar surface area (TPSA) is 70.6 Å². The molecule has 1 aromatic carbocycles. The Hall–Kier alpha value is -1.59. The summed E-state index contributed by atoms with van der Waals surface area (Å²) in [6, 6.07) is 7.33. The molecule has 3 atom stereocenters. The zero-order valence-corrected chi connectivity index (χ0v) is 9.93. The molecule has 5 heteroatoms. The predicted molar refractivity (Wildman–Crippen MR) is 65.2 cm³/mol. The first-order valence-electron chi connectivity index (χ1n) is 6.17. The first-order valence-corrected chi connectivity index (χ1v) is 6.17. The largest absolute Gasteiger partial charge is 0.491 e. The zero-order valence-electron chi connectivity index (χ0n) is 9.93. The lowest BCUT2D eigenvalue weighted by atomic mass is 10.1. The molecule has 0 aliphatic carbocycles. The molecule has 5 nitrogen and oxygen atoms in total. The Bertz CT molecular complexity index is 463. The Morgan fingerprint density at radius 3 is 3.06 bits per heavy atom. The third kappa shape index (κ3) is 2.07. The molecule has 1 amide bonds. The van der Waals surface area contributed by atoms with Crippen LogP contribution in [0.2, 0.25) is 0 Å². The molecule has 0 bridgehead atoms. The van der Waals surface area contributed by atoms with Crippen molar-refractivity contribution >= 4 is 5.91 Å². The molecular weight excluding hydrogens is 232 g/mol. The highest BCUT2D eigenvalue weighted by atomic mass is 16.5. The van der Waals surface area contributed by atoms with Gasteiger partial charge in [0.25, 0.3) is 0 Å². The van der Waals surface area contributed by atoms with Crippen molar-refractivity contribution in [3.63, 3.8) is 0 Å². The molecular formula is C13H16N2O3. The molecule has 1 fully saturated rings. The maximum absolute atomic E-state index is 12.0. The smallest absolute Gasteiger partial charge is 0.237 e. The maximum atomic E-state index is 12.0. The van der Waals surface area contributed by atoms with Gasteiger partial charge >= 0.3 is 0 Å². The van der Waals surface area contributed by atoms with E-state index in [2.05, 4.69) is 10.6 Å². The van der Waals surface area contributed by atoms with Crippen LogP contribution in [-0.2, 0) is 4.79 Å². The second kappa shape index (κ2) is 4.59. The SMILES string of the molecule is O=C(N[C@@H]1COc2ccccc21)[C@H]1C[C@@H](O)CN1. The number of hydrogen-bond acceptors (Lipinski definition) is 4. The van der Waals surface area contributed by atoms with Crippen LogP contribution in [-0.4, -0.2) is 36.3 Å². The number of hydrogen-bond donors (Lipinski definition) is 3. The number of rotatable bonds is 2. The van der Waals surface area contributed by atoms with E-state index in [0.717, 1.165) is 11.3 Å². The summed E-state index contributed by atoms with van der Waals surface area (Å²) in [4.78, 5) is 12.0. The molecule has 3 N–H and O–H groups in total. The molecule has 0 unspecified atom stereocenters. The molecule has 2 aliphatic heterocycles. The zero-order chi connectivity index (χ0) is 12.5. The predicted octanol–water partition coefficient (Wildman–Crippen LogP) is -0.0409. The van der Waals surface area contributed by atoms with Crippen molar-refractivity contribution in [1.29, 1.82) is 0 Å². The van der Waals surface area contributed by atoms with Crippen LogP contribution in [0.4, 0.5) is 0 Å². The summed E-state index contributed by atoms with van der Waals surface area (Å²) in [6.45, 7) is 0.955. The van der Waals surface area contributed by atoms with Gasteiger partial charge in [-0.2, -0.15) is 0 Å². The Labute approximate surface area is 105 Å². The van der Waals surface area contributed by atoms with Gasteiger partial charge in [0.05, 0.1) is 18.2 Å². The van der Waals surface area contributed by atoms with Crippen molar-refractivity contribution in [2.45, 2.75) is 24.6 Å². The number of carbonyl (C=O) groups excluding carboxylic acids is 1. The molecule has 1 aromatic rings. The van der Waals surface area contributed by atoms with Gasteiger partial charge < -0.3 is 20.5 Å². The summed E-state index contributed by atoms with van der Waals surface area (Å²) in [5, 5.41) is 15.4. The van der Waals surface area contributed by atoms with Crippen LogP contribution in [0.3, 0.4) is 0 Å². The number of para-hydroxylation sites is 1. The molecule has 3 rings (SSSR count). The summed E-state index contributed by atoms with van der Waals surface area (Å²) in [7, 11) is 0. The van der Waals surface area contributed by atoms with Crippen molar-refractivity contribution in [1.82, 2.24) is 10.6 Å². The fraction of sp³-hybridized carbons (Fsp3) is 0.462. The van der Waals surface area contributed by atoms with Crippen LogP contribution in [0.5, 0.6) is 5.75 Å². The lowest BCUT2D eigenvalue weighted by Crippen LogP contribution is -2.42. The number of benzene rings is 1. The second-order valence-electron chi connectivity index (χ2n) is 4.76. The van der Waals surface area contributed by atoms with Crippen molar-refractivity contribution in [3.05, 3.63) is 29.8 Å². The van der Waals surface area contributed by atoms with Crippen molar-refractivity contribution in [2.24, 2.45) is 0 Å². The van der Waals surface area contributed by atoms with Crippen LogP contribution >= 0.6 is 0 Å². The Morgan fingerprint density at radius 2 is 2.28 bits per heavy atom. The van der Waals surface area contributed by atoms with Gasteiger partial charge in [0, 0.05) is 12.1 Å². The number of aliphatic hydroxyl groups is 1. The van der Waals surface area contributed by atoms with E-state index in [1.807, 2.05) is 24.3 Å². The highest BCUT2D eigenvalue weighted by Crippen LogP contribution is 2.31. The van der Waals surface area contributed by atoms with Gasteiger partial charge in [-0.1, -0.05) is 18.2 Å². The number of nitrogens with one attached hydrogen (secondary N) is 2. The van der Waals surface area contributed by atoms with Crippen molar-refractivity contribution in [3.8, 4) is 5.75 Å². The van der Waals surface area contributed by atoms with E-state index in [1.54, 1.807) is 0 Å². The van der Waals surface area contributed by atoms with E-state index in [1.165, 1.54) is 0 Å². The highest BCUT2D eigenvalue weighted by Gasteiger charge is 2.31. The average molecular weight is 248 g/mol. The number of carbonyl (C=O) groups is 1. The van der Waals surface area contributed by atoms with Gasteiger partial charge in [0.15, 0.2) is 0 Å². The van der Waals surface area contributed by atoms with Crippen LogP contribution in [0, 0.1) is 0 Å². The summed E-state index contributed by atoms with van der Waals surface area (Å²) >= 11 is 0. The Morgan fingerprint density at radius 1 is 1.44 bits per heavy atom. The van der Waals surface area contributed by atoms with Crippen LogP contribution in [0.1, 0.15) is 18.0 Å². The fourth-order valence-electron chi connectivity index (χ4n) is 2.47. The number of fused-ring (bicyclic) bond motifs is 1. The minimum Gasteiger partial charge on any atom is -0.491 e. The van der Waals surface area contributed by atoms with Crippen LogP contribution in [0.15, 0.2) is 24.3 Å². The van der Waals surface area contributed by atoms with E-state index in [9.17, 15) is 9.90 Å². The van der Waals surface area contributed by atoms with Gasteiger partial charge in [-0.3, -0.25) is 4.79 Å². The Kier molecular flexibility index (Phi) is 2.93. The molecule has 0 radical (unpaired) electrons. The van der Waals surface area contributed by atoms with Crippen LogP contribution in [0.25, 0.3) is 0 Å². The molecule has 0 spiro atoms. The van der Waals surface area contributed by atoms with E-state index >= 15 is 0 Å². The van der Waals surface area contributed by atoms with Crippen molar-refractivity contribution in [2.75, 3.05) is 13.2 Å². The monoisotopic (exact) mass is 248 g/mol. The third-order valence-corrected chi connectivity index (χ3v) is 3.44. The normalized spacial score (nSPS) is 29.7. The second-order valence-corrected chi connectivity index (χ2v) is 4.76. The van der Waals surface area contributed by atoms with Gasteiger partial charge in [0.2, 0.25) is 5.91 Å². The first kappa shape index (κ1) is 11.5. The number of ether oxygens (including phenoxy) is 1. The Balaban J connectivity index is 1.66.